The van der Waals surface area contributed by atoms with E-state index in [1.807, 2.05) is 0 Å². The Labute approximate surface area is 116 Å². The molecule has 2 heterocycles. The number of methoxy groups -OCH3 is 1. The summed E-state index contributed by atoms with van der Waals surface area (Å²) < 4.78 is 23.4. The van der Waals surface area contributed by atoms with Gasteiger partial charge in [0.2, 0.25) is 5.89 Å². The summed E-state index contributed by atoms with van der Waals surface area (Å²) in [5.74, 6) is 0.944. The monoisotopic (exact) mass is 277 g/mol. The van der Waals surface area contributed by atoms with Crippen molar-refractivity contribution >= 4 is 0 Å². The summed E-state index contributed by atoms with van der Waals surface area (Å²) in [5, 5.41) is 7.26. The molecule has 1 fully saturated rings. The third-order valence-electron chi connectivity index (χ3n) is 3.48. The molecule has 5 nitrogen and oxygen atoms in total. The van der Waals surface area contributed by atoms with Crippen LogP contribution >= 0.6 is 0 Å². The number of nitrogens with zero attached hydrogens (tertiary/aromatic N) is 2. The first-order valence-corrected chi connectivity index (χ1v) is 6.57. The molecule has 1 aromatic heterocycles. The molecule has 2 aromatic rings. The van der Waals surface area contributed by atoms with Gasteiger partial charge in [-0.05, 0) is 24.1 Å². The molecule has 3 rings (SSSR count). The number of nitrogens with one attached hydrogen (secondary N) is 1. The van der Waals surface area contributed by atoms with Gasteiger partial charge in [0.05, 0.1) is 12.1 Å². The van der Waals surface area contributed by atoms with Crippen LogP contribution in [-0.2, 0) is 11.2 Å². The van der Waals surface area contributed by atoms with Crippen molar-refractivity contribution in [3.8, 4) is 0 Å². The van der Waals surface area contributed by atoms with Gasteiger partial charge in [0.15, 0.2) is 5.82 Å². The Hall–Kier alpha value is -1.79. The van der Waals surface area contributed by atoms with Crippen LogP contribution in [0.3, 0.4) is 0 Å². The van der Waals surface area contributed by atoms with E-state index in [0.29, 0.717) is 18.1 Å². The minimum atomic E-state index is -0.247. The summed E-state index contributed by atoms with van der Waals surface area (Å²) in [4.78, 5) is 4.39. The van der Waals surface area contributed by atoms with Gasteiger partial charge in [-0.2, -0.15) is 4.98 Å². The highest BCUT2D eigenvalue weighted by Crippen LogP contribution is 2.23. The fourth-order valence-corrected chi connectivity index (χ4v) is 2.34. The first kappa shape index (κ1) is 13.2. The summed E-state index contributed by atoms with van der Waals surface area (Å²) in [6.07, 6.45) is 1.55. The highest BCUT2D eigenvalue weighted by Gasteiger charge is 2.29. The van der Waals surface area contributed by atoms with Gasteiger partial charge in [-0.1, -0.05) is 17.3 Å². The Balaban J connectivity index is 1.66. The molecule has 20 heavy (non-hydrogen) atoms. The van der Waals surface area contributed by atoms with Crippen molar-refractivity contribution < 1.29 is 13.7 Å². The van der Waals surface area contributed by atoms with Gasteiger partial charge < -0.3 is 14.6 Å². The van der Waals surface area contributed by atoms with Gasteiger partial charge in [-0.25, -0.2) is 4.39 Å². The minimum absolute atomic E-state index is 0.0504. The van der Waals surface area contributed by atoms with Crippen molar-refractivity contribution in [2.45, 2.75) is 25.0 Å². The van der Waals surface area contributed by atoms with Gasteiger partial charge in [-0.15, -0.1) is 0 Å². The van der Waals surface area contributed by atoms with Gasteiger partial charge in [0, 0.05) is 20.1 Å². The number of rotatable bonds is 4. The lowest BCUT2D eigenvalue weighted by Crippen LogP contribution is -2.16. The van der Waals surface area contributed by atoms with Crippen molar-refractivity contribution in [3.05, 3.63) is 47.4 Å². The number of hydrogen-bond acceptors (Lipinski definition) is 5. The van der Waals surface area contributed by atoms with E-state index in [-0.39, 0.29) is 18.0 Å². The second-order valence-corrected chi connectivity index (χ2v) is 4.91. The summed E-state index contributed by atoms with van der Waals surface area (Å²) in [6, 6.07) is 6.35. The van der Waals surface area contributed by atoms with Crippen molar-refractivity contribution in [1.82, 2.24) is 15.5 Å². The van der Waals surface area contributed by atoms with Gasteiger partial charge in [-0.3, -0.25) is 0 Å². The van der Waals surface area contributed by atoms with Crippen molar-refractivity contribution in [3.63, 3.8) is 0 Å². The number of halogens is 1. The zero-order chi connectivity index (χ0) is 13.9. The van der Waals surface area contributed by atoms with Crippen LogP contribution in [0.25, 0.3) is 0 Å². The molecule has 0 spiro atoms. The Bertz CT molecular complexity index is 570. The molecule has 2 atom stereocenters. The molecule has 1 N–H and O–H groups in total. The van der Waals surface area contributed by atoms with Crippen molar-refractivity contribution in [2.75, 3.05) is 13.7 Å². The zero-order valence-corrected chi connectivity index (χ0v) is 11.2. The van der Waals surface area contributed by atoms with E-state index in [2.05, 4.69) is 15.5 Å². The van der Waals surface area contributed by atoms with Crippen LogP contribution in [0.4, 0.5) is 4.39 Å². The number of ether oxygens (including phenoxy) is 1. The Kier molecular flexibility index (Phi) is 3.75. The summed E-state index contributed by atoms with van der Waals surface area (Å²) in [6.45, 7) is 0.789. The van der Waals surface area contributed by atoms with Crippen LogP contribution in [-0.4, -0.2) is 29.9 Å². The molecular formula is C14H16FN3O2. The first-order valence-electron chi connectivity index (χ1n) is 6.57. The highest BCUT2D eigenvalue weighted by molar-refractivity contribution is 5.19. The Morgan fingerprint density at radius 1 is 1.40 bits per heavy atom. The molecule has 1 aromatic carbocycles. The zero-order valence-electron chi connectivity index (χ0n) is 11.2. The molecule has 0 bridgehead atoms. The molecule has 6 heteroatoms. The standard InChI is InChI=1S/C14H16FN3O2/c1-19-11-7-12(16-8-11)14-17-13(18-20-14)6-9-2-4-10(15)5-3-9/h2-5,11-12,16H,6-8H2,1H3/t11-,12+/m0/s1. The fraction of sp³-hybridized carbons (Fsp3) is 0.429. The van der Waals surface area contributed by atoms with E-state index in [0.717, 1.165) is 18.5 Å². The quantitative estimate of drug-likeness (QED) is 0.924. The van der Waals surface area contributed by atoms with E-state index >= 15 is 0 Å². The van der Waals surface area contributed by atoms with Crippen LogP contribution < -0.4 is 5.32 Å². The summed E-state index contributed by atoms with van der Waals surface area (Å²) in [7, 11) is 1.70. The number of aromatic nitrogens is 2. The fourth-order valence-electron chi connectivity index (χ4n) is 2.34. The second kappa shape index (κ2) is 5.68. The Morgan fingerprint density at radius 3 is 2.90 bits per heavy atom. The maximum absolute atomic E-state index is 12.8. The van der Waals surface area contributed by atoms with Crippen LogP contribution in [0, 0.1) is 5.82 Å². The molecule has 106 valence electrons. The summed E-state index contributed by atoms with van der Waals surface area (Å²) in [5.41, 5.74) is 0.952. The van der Waals surface area contributed by atoms with Crippen molar-refractivity contribution in [2.24, 2.45) is 0 Å². The van der Waals surface area contributed by atoms with E-state index in [1.165, 1.54) is 12.1 Å². The highest BCUT2D eigenvalue weighted by atomic mass is 19.1. The third kappa shape index (κ3) is 2.86. The minimum Gasteiger partial charge on any atom is -0.380 e. The molecule has 0 amide bonds. The van der Waals surface area contributed by atoms with Crippen LogP contribution in [0.1, 0.15) is 29.7 Å². The van der Waals surface area contributed by atoms with Crippen LogP contribution in [0.2, 0.25) is 0 Å². The number of benzene rings is 1. The topological polar surface area (TPSA) is 60.2 Å². The van der Waals surface area contributed by atoms with Gasteiger partial charge >= 0.3 is 0 Å². The normalized spacial score (nSPS) is 22.3. The molecule has 0 aliphatic carbocycles. The molecular weight excluding hydrogens is 261 g/mol. The first-order chi connectivity index (χ1) is 9.74. The molecule has 1 saturated heterocycles. The lowest BCUT2D eigenvalue weighted by atomic mass is 10.1. The second-order valence-electron chi connectivity index (χ2n) is 4.91. The molecule has 0 saturated carbocycles. The van der Waals surface area contributed by atoms with Gasteiger partial charge in [0.25, 0.3) is 0 Å². The third-order valence-corrected chi connectivity index (χ3v) is 3.48. The SMILES string of the molecule is CO[C@@H]1CN[C@@H](c2nc(Cc3ccc(F)cc3)no2)C1. The average molecular weight is 277 g/mol. The lowest BCUT2D eigenvalue weighted by molar-refractivity contribution is 0.116. The predicted molar refractivity (Wildman–Crippen MR) is 69.7 cm³/mol. The largest absolute Gasteiger partial charge is 0.380 e. The maximum atomic E-state index is 12.8. The molecule has 0 unspecified atom stereocenters. The number of hydrogen-bond donors (Lipinski definition) is 1. The predicted octanol–water partition coefficient (Wildman–Crippen LogP) is 1.85. The Morgan fingerprint density at radius 2 is 2.20 bits per heavy atom. The maximum Gasteiger partial charge on any atom is 0.243 e. The van der Waals surface area contributed by atoms with Crippen LogP contribution in [0.5, 0.6) is 0 Å². The lowest BCUT2D eigenvalue weighted by Gasteiger charge is -2.04. The molecule has 0 radical (unpaired) electrons. The van der Waals surface area contributed by atoms with E-state index < -0.39 is 0 Å². The van der Waals surface area contributed by atoms with Crippen LogP contribution in [0.15, 0.2) is 28.8 Å². The average Bonchev–Trinajstić information content (AvgIpc) is 3.10. The summed E-state index contributed by atoms with van der Waals surface area (Å²) >= 11 is 0. The van der Waals surface area contributed by atoms with Crippen molar-refractivity contribution in [1.29, 1.82) is 0 Å². The van der Waals surface area contributed by atoms with Gasteiger partial charge in [0.1, 0.15) is 5.82 Å². The smallest absolute Gasteiger partial charge is 0.243 e. The van der Waals surface area contributed by atoms with E-state index in [9.17, 15) is 4.39 Å². The van der Waals surface area contributed by atoms with E-state index in [1.54, 1.807) is 19.2 Å². The molecule has 1 aliphatic rings. The molecule has 1 aliphatic heterocycles. The van der Waals surface area contributed by atoms with E-state index in [4.69, 9.17) is 9.26 Å².